The third kappa shape index (κ3) is 3.08. The van der Waals surface area contributed by atoms with Crippen molar-refractivity contribution < 1.29 is 4.79 Å². The van der Waals surface area contributed by atoms with Crippen molar-refractivity contribution in [2.24, 2.45) is 0 Å². The van der Waals surface area contributed by atoms with Crippen LogP contribution >= 0.6 is 0 Å². The lowest BCUT2D eigenvalue weighted by Gasteiger charge is -1.96. The van der Waals surface area contributed by atoms with E-state index in [1.165, 1.54) is 0 Å². The van der Waals surface area contributed by atoms with Gasteiger partial charge in [-0.15, -0.1) is 0 Å². The van der Waals surface area contributed by atoms with Gasteiger partial charge in [0.1, 0.15) is 0 Å². The molecular weight excluding hydrogens is 212 g/mol. The predicted octanol–water partition coefficient (Wildman–Crippen LogP) is 2.85. The van der Waals surface area contributed by atoms with E-state index in [-0.39, 0.29) is 5.78 Å². The third-order valence-corrected chi connectivity index (χ3v) is 2.35. The zero-order valence-electron chi connectivity index (χ0n) is 9.50. The number of nitrogens with zero attached hydrogens (tertiary/aromatic N) is 2. The van der Waals surface area contributed by atoms with Gasteiger partial charge in [-0.25, -0.2) is 0 Å². The first-order valence-electron chi connectivity index (χ1n) is 5.31. The molecule has 0 saturated carbocycles. The smallest absolute Gasteiger partial charge is 0.159 e. The second-order valence-electron chi connectivity index (χ2n) is 3.64. The molecule has 2 aromatic rings. The van der Waals surface area contributed by atoms with Crippen LogP contribution in [0.4, 0.5) is 0 Å². The molecule has 0 atom stereocenters. The summed E-state index contributed by atoms with van der Waals surface area (Å²) in [5.41, 5.74) is 2.56. The molecule has 0 fully saturated rings. The van der Waals surface area contributed by atoms with E-state index in [0.717, 1.165) is 16.8 Å². The number of aromatic nitrogens is 2. The number of benzene rings is 1. The van der Waals surface area contributed by atoms with E-state index >= 15 is 0 Å². The van der Waals surface area contributed by atoms with E-state index in [9.17, 15) is 4.79 Å². The Kier molecular flexibility index (Phi) is 3.40. The van der Waals surface area contributed by atoms with Crippen molar-refractivity contribution in [3.05, 3.63) is 59.7 Å². The molecular formula is C14H12N2O. The number of carbonyl (C=O) groups excluding carboxylic acids is 1. The van der Waals surface area contributed by atoms with Crippen molar-refractivity contribution >= 4 is 17.9 Å². The fourth-order valence-electron chi connectivity index (χ4n) is 1.41. The summed E-state index contributed by atoms with van der Waals surface area (Å²) in [6.45, 7) is 1.56. The molecule has 1 aromatic carbocycles. The van der Waals surface area contributed by atoms with Crippen molar-refractivity contribution in [2.45, 2.75) is 6.92 Å². The Balaban J connectivity index is 2.14. The SMILES string of the molecule is CC(=O)c1ccc(/C=C/c2cnccn2)cc1. The largest absolute Gasteiger partial charge is 0.295 e. The predicted molar refractivity (Wildman–Crippen MR) is 67.4 cm³/mol. The number of Topliss-reactive ketones (excluding diaryl/α,β-unsaturated/α-hetero) is 1. The highest BCUT2D eigenvalue weighted by atomic mass is 16.1. The van der Waals surface area contributed by atoms with Crippen LogP contribution in [0.5, 0.6) is 0 Å². The van der Waals surface area contributed by atoms with Crippen LogP contribution in [0.2, 0.25) is 0 Å². The summed E-state index contributed by atoms with van der Waals surface area (Å²) in [5.74, 6) is 0.0782. The Morgan fingerprint density at radius 3 is 2.47 bits per heavy atom. The summed E-state index contributed by atoms with van der Waals surface area (Å²) in [6, 6.07) is 7.45. The van der Waals surface area contributed by atoms with E-state index < -0.39 is 0 Å². The van der Waals surface area contributed by atoms with Crippen LogP contribution in [0.3, 0.4) is 0 Å². The van der Waals surface area contributed by atoms with Gasteiger partial charge in [0, 0.05) is 18.0 Å². The van der Waals surface area contributed by atoms with Crippen LogP contribution in [-0.2, 0) is 0 Å². The molecule has 0 N–H and O–H groups in total. The highest BCUT2D eigenvalue weighted by Crippen LogP contribution is 2.08. The number of carbonyl (C=O) groups is 1. The average molecular weight is 224 g/mol. The first-order chi connectivity index (χ1) is 8.25. The first kappa shape index (κ1) is 11.2. The summed E-state index contributed by atoms with van der Waals surface area (Å²) in [5, 5.41) is 0. The minimum absolute atomic E-state index is 0.0782. The lowest BCUT2D eigenvalue weighted by atomic mass is 10.1. The van der Waals surface area contributed by atoms with E-state index in [1.54, 1.807) is 25.5 Å². The summed E-state index contributed by atoms with van der Waals surface area (Å²) in [6.07, 6.45) is 8.81. The molecule has 0 unspecified atom stereocenters. The molecule has 0 aliphatic heterocycles. The van der Waals surface area contributed by atoms with Crippen LogP contribution in [0.15, 0.2) is 42.9 Å². The fraction of sp³-hybridized carbons (Fsp3) is 0.0714. The van der Waals surface area contributed by atoms with Crippen LogP contribution in [0, 0.1) is 0 Å². The maximum absolute atomic E-state index is 11.1. The Labute approximate surface area is 99.9 Å². The van der Waals surface area contributed by atoms with Crippen molar-refractivity contribution in [2.75, 3.05) is 0 Å². The standard InChI is InChI=1S/C14H12N2O/c1-11(17)13-5-2-12(3-6-13)4-7-14-10-15-8-9-16-14/h2-10H,1H3/b7-4+. The third-order valence-electron chi connectivity index (χ3n) is 2.35. The average Bonchev–Trinajstić information content (AvgIpc) is 2.38. The highest BCUT2D eigenvalue weighted by Gasteiger charge is 1.96. The summed E-state index contributed by atoms with van der Waals surface area (Å²) >= 11 is 0. The van der Waals surface area contributed by atoms with Crippen molar-refractivity contribution in [3.8, 4) is 0 Å². The fourth-order valence-corrected chi connectivity index (χ4v) is 1.41. The molecule has 84 valence electrons. The molecule has 0 bridgehead atoms. The molecule has 0 aliphatic carbocycles. The second kappa shape index (κ2) is 5.16. The van der Waals surface area contributed by atoms with E-state index in [4.69, 9.17) is 0 Å². The van der Waals surface area contributed by atoms with E-state index in [1.807, 2.05) is 36.4 Å². The molecule has 17 heavy (non-hydrogen) atoms. The Morgan fingerprint density at radius 2 is 1.88 bits per heavy atom. The second-order valence-corrected chi connectivity index (χ2v) is 3.64. The van der Waals surface area contributed by atoms with Gasteiger partial charge in [0.2, 0.25) is 0 Å². The van der Waals surface area contributed by atoms with Gasteiger partial charge in [0.15, 0.2) is 5.78 Å². The number of hydrogen-bond acceptors (Lipinski definition) is 3. The van der Waals surface area contributed by atoms with Gasteiger partial charge in [0.25, 0.3) is 0 Å². The van der Waals surface area contributed by atoms with Crippen LogP contribution in [0.1, 0.15) is 28.5 Å². The highest BCUT2D eigenvalue weighted by molar-refractivity contribution is 5.94. The number of hydrogen-bond donors (Lipinski definition) is 0. The summed E-state index contributed by atoms with van der Waals surface area (Å²) < 4.78 is 0. The maximum atomic E-state index is 11.1. The lowest BCUT2D eigenvalue weighted by Crippen LogP contribution is -1.90. The molecule has 3 nitrogen and oxygen atoms in total. The molecule has 2 rings (SSSR count). The monoisotopic (exact) mass is 224 g/mol. The molecule has 0 aliphatic rings. The molecule has 1 aromatic heterocycles. The molecule has 0 amide bonds. The normalized spacial score (nSPS) is 10.6. The lowest BCUT2D eigenvalue weighted by molar-refractivity contribution is 0.101. The number of ketones is 1. The van der Waals surface area contributed by atoms with Gasteiger partial charge >= 0.3 is 0 Å². The van der Waals surface area contributed by atoms with Gasteiger partial charge in [-0.1, -0.05) is 30.3 Å². The zero-order valence-corrected chi connectivity index (χ0v) is 9.50. The Bertz CT molecular complexity index is 530. The van der Waals surface area contributed by atoms with Crippen molar-refractivity contribution in [1.82, 2.24) is 9.97 Å². The molecule has 0 radical (unpaired) electrons. The van der Waals surface area contributed by atoms with Crippen molar-refractivity contribution in [3.63, 3.8) is 0 Å². The van der Waals surface area contributed by atoms with Crippen LogP contribution in [0.25, 0.3) is 12.2 Å². The Hall–Kier alpha value is -2.29. The van der Waals surface area contributed by atoms with Gasteiger partial charge < -0.3 is 0 Å². The van der Waals surface area contributed by atoms with Crippen LogP contribution in [-0.4, -0.2) is 15.8 Å². The number of rotatable bonds is 3. The van der Waals surface area contributed by atoms with Gasteiger partial charge in [-0.3, -0.25) is 14.8 Å². The minimum Gasteiger partial charge on any atom is -0.295 e. The molecule has 1 heterocycles. The van der Waals surface area contributed by atoms with Crippen molar-refractivity contribution in [1.29, 1.82) is 0 Å². The first-order valence-corrected chi connectivity index (χ1v) is 5.31. The topological polar surface area (TPSA) is 42.9 Å². The summed E-state index contributed by atoms with van der Waals surface area (Å²) in [7, 11) is 0. The maximum Gasteiger partial charge on any atom is 0.159 e. The molecule has 0 saturated heterocycles. The quantitative estimate of drug-likeness (QED) is 0.753. The van der Waals surface area contributed by atoms with E-state index in [2.05, 4.69) is 9.97 Å². The Morgan fingerprint density at radius 1 is 1.12 bits per heavy atom. The van der Waals surface area contributed by atoms with Gasteiger partial charge in [-0.2, -0.15) is 0 Å². The molecule has 3 heteroatoms. The summed E-state index contributed by atoms with van der Waals surface area (Å²) in [4.78, 5) is 19.2. The minimum atomic E-state index is 0.0782. The van der Waals surface area contributed by atoms with Gasteiger partial charge in [0.05, 0.1) is 11.9 Å². The van der Waals surface area contributed by atoms with Gasteiger partial charge in [-0.05, 0) is 18.6 Å². The zero-order chi connectivity index (χ0) is 12.1. The van der Waals surface area contributed by atoms with Crippen LogP contribution < -0.4 is 0 Å². The molecule has 0 spiro atoms. The van der Waals surface area contributed by atoms with E-state index in [0.29, 0.717) is 0 Å².